The van der Waals surface area contributed by atoms with Gasteiger partial charge >= 0.3 is 5.97 Å². The third-order valence-electron chi connectivity index (χ3n) is 10.5. The van der Waals surface area contributed by atoms with Crippen LogP contribution in [0, 0.1) is 11.8 Å². The van der Waals surface area contributed by atoms with Gasteiger partial charge in [-0.3, -0.25) is 4.79 Å². The number of aliphatic hydroxyl groups excluding tert-OH is 4. The first-order valence-corrected chi connectivity index (χ1v) is 20.8. The van der Waals surface area contributed by atoms with E-state index in [0.29, 0.717) is 13.0 Å². The Morgan fingerprint density at radius 1 is 0.531 bits per heavy atom. The molecule has 0 amide bonds. The first-order chi connectivity index (χ1) is 23.7. The zero-order chi connectivity index (χ0) is 36.1. The Morgan fingerprint density at radius 2 is 0.939 bits per heavy atom. The molecule has 0 bridgehead atoms. The van der Waals surface area contributed by atoms with E-state index < -0.39 is 36.6 Å². The Morgan fingerprint density at radius 3 is 1.45 bits per heavy atom. The summed E-state index contributed by atoms with van der Waals surface area (Å²) in [5.41, 5.74) is 0. The second kappa shape index (κ2) is 30.8. The molecule has 1 rings (SSSR count). The molecular formula is C41H80O8. The molecule has 0 spiro atoms. The minimum absolute atomic E-state index is 0.0990. The van der Waals surface area contributed by atoms with Crippen LogP contribution in [0.25, 0.3) is 0 Å². The van der Waals surface area contributed by atoms with Gasteiger partial charge in [0.1, 0.15) is 36.6 Å². The standard InChI is InChI=1S/C41H80O8/c1-5-7-9-20-26-34(4)28-21-15-11-10-14-18-24-30-47-31-35(32-48-41-39(45)37(43)38(44)40(41)46)49-36(42)29-23-17-13-12-16-22-27-33(3)25-19-8-6-2/h33-35,37-41,43-46H,5-32H2,1-4H3/t33?,34?,35-,37+,38+,39-,40-/m0/s1. The Hall–Kier alpha value is -0.770. The van der Waals surface area contributed by atoms with Gasteiger partial charge in [0, 0.05) is 13.0 Å². The molecule has 0 saturated heterocycles. The number of esters is 1. The molecular weight excluding hydrogens is 620 g/mol. The summed E-state index contributed by atoms with van der Waals surface area (Å²) in [6.45, 7) is 9.91. The van der Waals surface area contributed by atoms with E-state index >= 15 is 0 Å². The van der Waals surface area contributed by atoms with Crippen molar-refractivity contribution in [1.29, 1.82) is 0 Å². The van der Waals surface area contributed by atoms with Crippen molar-refractivity contribution in [3.05, 3.63) is 0 Å². The zero-order valence-electron chi connectivity index (χ0n) is 32.3. The van der Waals surface area contributed by atoms with Gasteiger partial charge in [0.25, 0.3) is 0 Å². The van der Waals surface area contributed by atoms with E-state index in [2.05, 4.69) is 27.7 Å². The molecule has 0 aromatic rings. The summed E-state index contributed by atoms with van der Waals surface area (Å²) in [6.07, 6.45) is 22.5. The van der Waals surface area contributed by atoms with E-state index in [-0.39, 0.29) is 19.2 Å². The lowest BCUT2D eigenvalue weighted by Gasteiger charge is -2.24. The van der Waals surface area contributed by atoms with E-state index in [1.165, 1.54) is 122 Å². The molecule has 1 aliphatic rings. The molecule has 1 aliphatic carbocycles. The lowest BCUT2D eigenvalue weighted by molar-refractivity contribution is -0.163. The highest BCUT2D eigenvalue weighted by molar-refractivity contribution is 5.69. The average molecular weight is 701 g/mol. The minimum atomic E-state index is -1.49. The molecule has 1 fully saturated rings. The highest BCUT2D eigenvalue weighted by Gasteiger charge is 2.49. The number of hydrogen-bond acceptors (Lipinski definition) is 8. The monoisotopic (exact) mass is 701 g/mol. The van der Waals surface area contributed by atoms with Crippen LogP contribution in [-0.4, -0.2) is 82.8 Å². The second-order valence-electron chi connectivity index (χ2n) is 15.4. The van der Waals surface area contributed by atoms with Crippen LogP contribution in [0.3, 0.4) is 0 Å². The van der Waals surface area contributed by atoms with Gasteiger partial charge in [0.15, 0.2) is 0 Å². The van der Waals surface area contributed by atoms with Gasteiger partial charge in [-0.15, -0.1) is 0 Å². The smallest absolute Gasteiger partial charge is 0.306 e. The van der Waals surface area contributed by atoms with Gasteiger partial charge in [-0.2, -0.15) is 0 Å². The van der Waals surface area contributed by atoms with Crippen molar-refractivity contribution in [1.82, 2.24) is 0 Å². The lowest BCUT2D eigenvalue weighted by atomic mass is 9.96. The Kier molecular flexibility index (Phi) is 29.1. The van der Waals surface area contributed by atoms with Crippen LogP contribution < -0.4 is 0 Å². The van der Waals surface area contributed by atoms with Crippen LogP contribution in [0.2, 0.25) is 0 Å². The molecule has 0 aliphatic heterocycles. The SMILES string of the molecule is CCCCCCC(C)CCCCCCCCCOC[C@@H](COC1[C@@H](O)[C@H](O)[C@@H](O)[C@@H]1O)OC(=O)CCCCCCCCC(C)CCCCC. The molecule has 0 aromatic carbocycles. The fourth-order valence-electron chi connectivity index (χ4n) is 6.99. The van der Waals surface area contributed by atoms with Crippen LogP contribution in [0.5, 0.6) is 0 Å². The van der Waals surface area contributed by atoms with Crippen molar-refractivity contribution < 1.29 is 39.4 Å². The van der Waals surface area contributed by atoms with Gasteiger partial charge in [0.2, 0.25) is 0 Å². The molecule has 4 N–H and O–H groups in total. The maximum Gasteiger partial charge on any atom is 0.306 e. The predicted molar refractivity (Wildman–Crippen MR) is 200 cm³/mol. The van der Waals surface area contributed by atoms with Gasteiger partial charge in [-0.25, -0.2) is 0 Å². The predicted octanol–water partition coefficient (Wildman–Crippen LogP) is 8.82. The normalized spacial score (nSPS) is 21.6. The molecule has 1 saturated carbocycles. The number of aliphatic hydroxyl groups is 4. The molecule has 8 heteroatoms. The van der Waals surface area contributed by atoms with E-state index in [4.69, 9.17) is 14.2 Å². The molecule has 292 valence electrons. The summed E-state index contributed by atoms with van der Waals surface area (Å²) in [4.78, 5) is 12.7. The third-order valence-corrected chi connectivity index (χ3v) is 10.5. The third kappa shape index (κ3) is 23.4. The van der Waals surface area contributed by atoms with Crippen LogP contribution in [0.1, 0.15) is 188 Å². The number of hydrogen-bond donors (Lipinski definition) is 4. The van der Waals surface area contributed by atoms with Crippen molar-refractivity contribution in [3.63, 3.8) is 0 Å². The van der Waals surface area contributed by atoms with Gasteiger partial charge in [0.05, 0.1) is 13.2 Å². The van der Waals surface area contributed by atoms with Crippen molar-refractivity contribution in [2.45, 2.75) is 225 Å². The van der Waals surface area contributed by atoms with Crippen LogP contribution >= 0.6 is 0 Å². The highest BCUT2D eigenvalue weighted by Crippen LogP contribution is 2.25. The summed E-state index contributed by atoms with van der Waals surface area (Å²) in [5, 5.41) is 40.2. The first-order valence-electron chi connectivity index (χ1n) is 20.8. The van der Waals surface area contributed by atoms with E-state index in [0.717, 1.165) is 43.9 Å². The summed E-state index contributed by atoms with van der Waals surface area (Å²) in [6, 6.07) is 0. The van der Waals surface area contributed by atoms with E-state index in [9.17, 15) is 25.2 Å². The number of carbonyl (C=O) groups excluding carboxylic acids is 1. The summed E-state index contributed by atoms with van der Waals surface area (Å²) in [7, 11) is 0. The van der Waals surface area contributed by atoms with Crippen LogP contribution in [0.15, 0.2) is 0 Å². The fourth-order valence-corrected chi connectivity index (χ4v) is 6.99. The maximum atomic E-state index is 12.7. The van der Waals surface area contributed by atoms with Crippen molar-refractivity contribution in [2.24, 2.45) is 11.8 Å². The van der Waals surface area contributed by atoms with E-state index in [1.807, 2.05) is 0 Å². The van der Waals surface area contributed by atoms with E-state index in [1.54, 1.807) is 0 Å². The molecule has 49 heavy (non-hydrogen) atoms. The molecule has 0 radical (unpaired) electrons. The Balaban J connectivity index is 2.26. The minimum Gasteiger partial charge on any atom is -0.457 e. The number of carbonyl (C=O) groups is 1. The number of unbranched alkanes of at least 4 members (excludes halogenated alkanes) is 16. The average Bonchev–Trinajstić information content (AvgIpc) is 3.26. The maximum absolute atomic E-state index is 12.7. The summed E-state index contributed by atoms with van der Waals surface area (Å²) in [5.74, 6) is 1.37. The van der Waals surface area contributed by atoms with Crippen LogP contribution in [0.4, 0.5) is 0 Å². The number of rotatable bonds is 34. The van der Waals surface area contributed by atoms with Crippen molar-refractivity contribution in [3.8, 4) is 0 Å². The lowest BCUT2D eigenvalue weighted by Crippen LogP contribution is -2.39. The fraction of sp³-hybridized carbons (Fsp3) is 0.976. The molecule has 0 heterocycles. The topological polar surface area (TPSA) is 126 Å². The van der Waals surface area contributed by atoms with Crippen molar-refractivity contribution in [2.75, 3.05) is 19.8 Å². The molecule has 2 unspecified atom stereocenters. The molecule has 7 atom stereocenters. The van der Waals surface area contributed by atoms with Gasteiger partial charge in [-0.05, 0) is 24.7 Å². The number of ether oxygens (including phenoxy) is 3. The molecule has 8 nitrogen and oxygen atoms in total. The Labute approximate surface area is 301 Å². The quantitative estimate of drug-likeness (QED) is 0.0388. The summed E-state index contributed by atoms with van der Waals surface area (Å²) < 4.78 is 17.2. The highest BCUT2D eigenvalue weighted by atomic mass is 16.6. The van der Waals surface area contributed by atoms with Crippen molar-refractivity contribution >= 4 is 5.97 Å². The first kappa shape index (κ1) is 46.3. The van der Waals surface area contributed by atoms with Gasteiger partial charge in [-0.1, -0.05) is 169 Å². The zero-order valence-corrected chi connectivity index (χ0v) is 32.3. The van der Waals surface area contributed by atoms with Gasteiger partial charge < -0.3 is 34.6 Å². The largest absolute Gasteiger partial charge is 0.457 e. The van der Waals surface area contributed by atoms with Crippen LogP contribution in [-0.2, 0) is 19.0 Å². The summed E-state index contributed by atoms with van der Waals surface area (Å²) >= 11 is 0. The Bertz CT molecular complexity index is 737. The second-order valence-corrected chi connectivity index (χ2v) is 15.4. The molecule has 0 aromatic heterocycles.